The molecule has 0 amide bonds. The van der Waals surface area contributed by atoms with E-state index in [2.05, 4.69) is 4.72 Å². The highest BCUT2D eigenvalue weighted by Crippen LogP contribution is 2.17. The van der Waals surface area contributed by atoms with Gasteiger partial charge in [-0.15, -0.1) is 0 Å². The highest BCUT2D eigenvalue weighted by atomic mass is 32.2. The smallest absolute Gasteiger partial charge is 0.240 e. The molecule has 2 aromatic rings. The largest absolute Gasteiger partial charge is 0.399 e. The van der Waals surface area contributed by atoms with Crippen molar-refractivity contribution >= 4 is 27.0 Å². The van der Waals surface area contributed by atoms with E-state index in [0.29, 0.717) is 6.42 Å². The fourth-order valence-corrected chi connectivity index (χ4v) is 3.87. The molecule has 0 bridgehead atoms. The molecule has 0 radical (unpaired) electrons. The van der Waals surface area contributed by atoms with E-state index in [4.69, 9.17) is 5.73 Å². The van der Waals surface area contributed by atoms with Gasteiger partial charge in [-0.3, -0.25) is 0 Å². The summed E-state index contributed by atoms with van der Waals surface area (Å²) in [7, 11) is -3.77. The molecule has 0 spiro atoms. The normalized spacial score (nSPS) is 13.3. The van der Waals surface area contributed by atoms with Gasteiger partial charge in [0.2, 0.25) is 10.0 Å². The van der Waals surface area contributed by atoms with Crippen molar-refractivity contribution in [2.75, 3.05) is 5.73 Å². The number of hydrogen-bond acceptors (Lipinski definition) is 4. The summed E-state index contributed by atoms with van der Waals surface area (Å²) in [6.07, 6.45) is 0.577. The summed E-state index contributed by atoms with van der Waals surface area (Å²) in [5, 5.41) is 3.90. The Hall–Kier alpha value is -1.44. The molecule has 1 heterocycles. The quantitative estimate of drug-likeness (QED) is 0.832. The van der Waals surface area contributed by atoms with E-state index in [1.807, 2.05) is 16.8 Å². The molecule has 108 valence electrons. The molecule has 1 aromatic carbocycles. The van der Waals surface area contributed by atoms with Crippen LogP contribution < -0.4 is 10.5 Å². The number of anilines is 1. The van der Waals surface area contributed by atoms with Gasteiger partial charge in [0.25, 0.3) is 0 Å². The minimum absolute atomic E-state index is 0.0795. The summed E-state index contributed by atoms with van der Waals surface area (Å²) in [4.78, 5) is -0.160. The topological polar surface area (TPSA) is 72.2 Å². The van der Waals surface area contributed by atoms with Crippen LogP contribution in [0.5, 0.6) is 0 Å². The number of halogens is 1. The number of rotatable bonds is 5. The highest BCUT2D eigenvalue weighted by Gasteiger charge is 2.19. The van der Waals surface area contributed by atoms with Crippen molar-refractivity contribution in [3.63, 3.8) is 0 Å². The molecule has 3 N–H and O–H groups in total. The third-order valence-electron chi connectivity index (χ3n) is 2.68. The van der Waals surface area contributed by atoms with Gasteiger partial charge in [0, 0.05) is 11.7 Å². The monoisotopic (exact) mass is 314 g/mol. The maximum absolute atomic E-state index is 13.2. The lowest BCUT2D eigenvalue weighted by Crippen LogP contribution is -2.34. The maximum Gasteiger partial charge on any atom is 0.240 e. The van der Waals surface area contributed by atoms with E-state index in [1.54, 1.807) is 18.3 Å². The Bertz CT molecular complexity index is 664. The summed E-state index contributed by atoms with van der Waals surface area (Å²) in [6, 6.07) is 4.92. The van der Waals surface area contributed by atoms with Crippen LogP contribution in [0.15, 0.2) is 39.9 Å². The Kier molecular flexibility index (Phi) is 4.42. The molecule has 0 saturated heterocycles. The number of sulfonamides is 1. The van der Waals surface area contributed by atoms with Gasteiger partial charge < -0.3 is 5.73 Å². The third-order valence-corrected chi connectivity index (χ3v) is 4.98. The molecule has 0 aliphatic rings. The van der Waals surface area contributed by atoms with Gasteiger partial charge in [-0.25, -0.2) is 17.5 Å². The van der Waals surface area contributed by atoms with Crippen LogP contribution in [0.25, 0.3) is 0 Å². The molecule has 4 nitrogen and oxygen atoms in total. The molecule has 0 saturated carbocycles. The van der Waals surface area contributed by atoms with Crippen molar-refractivity contribution in [2.45, 2.75) is 24.3 Å². The Morgan fingerprint density at radius 1 is 1.40 bits per heavy atom. The Morgan fingerprint density at radius 3 is 2.75 bits per heavy atom. The lowest BCUT2D eigenvalue weighted by Gasteiger charge is -2.14. The predicted octanol–water partition coefficient (Wildman–Crippen LogP) is 2.38. The lowest BCUT2D eigenvalue weighted by molar-refractivity contribution is 0.557. The van der Waals surface area contributed by atoms with Gasteiger partial charge in [0.15, 0.2) is 0 Å². The zero-order valence-electron chi connectivity index (χ0n) is 10.8. The van der Waals surface area contributed by atoms with E-state index in [0.717, 1.165) is 17.7 Å². The van der Waals surface area contributed by atoms with Gasteiger partial charge >= 0.3 is 0 Å². The number of nitrogens with one attached hydrogen (secondary N) is 1. The van der Waals surface area contributed by atoms with Gasteiger partial charge in [0.05, 0.1) is 4.90 Å². The Balaban J connectivity index is 2.14. The van der Waals surface area contributed by atoms with Crippen molar-refractivity contribution in [3.8, 4) is 0 Å². The van der Waals surface area contributed by atoms with Crippen molar-refractivity contribution < 1.29 is 12.8 Å². The molecule has 1 unspecified atom stereocenters. The van der Waals surface area contributed by atoms with Crippen LogP contribution in [-0.4, -0.2) is 14.5 Å². The van der Waals surface area contributed by atoms with Crippen molar-refractivity contribution in [3.05, 3.63) is 46.4 Å². The molecule has 2 rings (SSSR count). The number of nitrogen functional groups attached to an aromatic ring is 1. The van der Waals surface area contributed by atoms with E-state index in [-0.39, 0.29) is 16.6 Å². The fourth-order valence-electron chi connectivity index (χ4n) is 1.88. The predicted molar refractivity (Wildman–Crippen MR) is 78.6 cm³/mol. The average molecular weight is 314 g/mol. The van der Waals surface area contributed by atoms with Crippen molar-refractivity contribution in [1.82, 2.24) is 4.72 Å². The van der Waals surface area contributed by atoms with E-state index < -0.39 is 15.8 Å². The van der Waals surface area contributed by atoms with Gasteiger partial charge in [-0.05, 0) is 53.9 Å². The average Bonchev–Trinajstić information content (AvgIpc) is 2.79. The summed E-state index contributed by atoms with van der Waals surface area (Å²) < 4.78 is 40.0. The van der Waals surface area contributed by atoms with Gasteiger partial charge in [-0.1, -0.05) is 0 Å². The SMILES string of the molecule is CC(Cc1ccsc1)NS(=O)(=O)c1cc(N)cc(F)c1. The lowest BCUT2D eigenvalue weighted by atomic mass is 10.1. The van der Waals surface area contributed by atoms with Crippen LogP contribution in [-0.2, 0) is 16.4 Å². The molecular weight excluding hydrogens is 299 g/mol. The summed E-state index contributed by atoms with van der Waals surface area (Å²) in [6.45, 7) is 1.76. The van der Waals surface area contributed by atoms with Gasteiger partial charge in [0.1, 0.15) is 5.82 Å². The van der Waals surface area contributed by atoms with Gasteiger partial charge in [-0.2, -0.15) is 11.3 Å². The Morgan fingerprint density at radius 2 is 2.15 bits per heavy atom. The first kappa shape index (κ1) is 15.0. The fraction of sp³-hybridized carbons (Fsp3) is 0.231. The highest BCUT2D eigenvalue weighted by molar-refractivity contribution is 7.89. The summed E-state index contributed by atoms with van der Waals surface area (Å²) in [5.74, 6) is -0.670. The zero-order chi connectivity index (χ0) is 14.8. The molecule has 1 atom stereocenters. The number of benzene rings is 1. The van der Waals surface area contributed by atoms with Crippen LogP contribution in [0, 0.1) is 5.82 Å². The minimum Gasteiger partial charge on any atom is -0.399 e. The minimum atomic E-state index is -3.77. The van der Waals surface area contributed by atoms with Crippen LogP contribution in [0.3, 0.4) is 0 Å². The standard InChI is InChI=1S/C13H15FN2O2S2/c1-9(4-10-2-3-19-8-10)16-20(17,18)13-6-11(14)5-12(15)7-13/h2-3,5-9,16H,4,15H2,1H3. The second-order valence-electron chi connectivity index (χ2n) is 4.58. The first-order valence-corrected chi connectivity index (χ1v) is 8.39. The Labute approximate surface area is 121 Å². The van der Waals surface area contributed by atoms with E-state index in [9.17, 15) is 12.8 Å². The molecular formula is C13H15FN2O2S2. The number of hydrogen-bond donors (Lipinski definition) is 2. The summed E-state index contributed by atoms with van der Waals surface area (Å²) in [5.41, 5.74) is 6.60. The second-order valence-corrected chi connectivity index (χ2v) is 7.07. The van der Waals surface area contributed by atoms with Crippen LogP contribution in [0.1, 0.15) is 12.5 Å². The van der Waals surface area contributed by atoms with E-state index in [1.165, 1.54) is 6.07 Å². The molecule has 20 heavy (non-hydrogen) atoms. The number of nitrogens with two attached hydrogens (primary N) is 1. The summed E-state index contributed by atoms with van der Waals surface area (Å²) >= 11 is 1.56. The maximum atomic E-state index is 13.2. The first-order chi connectivity index (χ1) is 9.37. The zero-order valence-corrected chi connectivity index (χ0v) is 12.5. The van der Waals surface area contributed by atoms with E-state index >= 15 is 0 Å². The molecule has 0 aliphatic carbocycles. The number of thiophene rings is 1. The van der Waals surface area contributed by atoms with Crippen molar-refractivity contribution in [1.29, 1.82) is 0 Å². The molecule has 0 fully saturated rings. The molecule has 1 aromatic heterocycles. The van der Waals surface area contributed by atoms with Crippen LogP contribution in [0.2, 0.25) is 0 Å². The second kappa shape index (κ2) is 5.90. The molecule has 0 aliphatic heterocycles. The molecule has 7 heteroatoms. The van der Waals surface area contributed by atoms with Crippen LogP contribution >= 0.6 is 11.3 Å². The van der Waals surface area contributed by atoms with Crippen LogP contribution in [0.4, 0.5) is 10.1 Å². The third kappa shape index (κ3) is 3.78. The first-order valence-electron chi connectivity index (χ1n) is 5.96. The van der Waals surface area contributed by atoms with Crippen molar-refractivity contribution in [2.24, 2.45) is 0 Å².